The Morgan fingerprint density at radius 1 is 1.30 bits per heavy atom. The summed E-state index contributed by atoms with van der Waals surface area (Å²) in [6.07, 6.45) is 7.36. The van der Waals surface area contributed by atoms with Crippen molar-refractivity contribution in [2.75, 3.05) is 25.1 Å². The van der Waals surface area contributed by atoms with Crippen molar-refractivity contribution in [3.8, 4) is 11.3 Å². The Balaban J connectivity index is 1.74. The van der Waals surface area contributed by atoms with Crippen LogP contribution in [0.3, 0.4) is 0 Å². The molecule has 0 atom stereocenters. The molecule has 1 fully saturated rings. The van der Waals surface area contributed by atoms with Crippen molar-refractivity contribution in [2.24, 2.45) is 11.8 Å². The Hall–Kier alpha value is -2.05. The molecule has 0 aromatic carbocycles. The molecule has 3 rings (SSSR count). The first-order valence-corrected chi connectivity index (χ1v) is 9.72. The quantitative estimate of drug-likeness (QED) is 0.777. The number of ketones is 1. The maximum atomic E-state index is 12.0. The number of anilines is 1. The fourth-order valence-corrected chi connectivity index (χ4v) is 3.14. The van der Waals surface area contributed by atoms with Crippen LogP contribution in [0, 0.1) is 11.8 Å². The third-order valence-electron chi connectivity index (χ3n) is 4.73. The highest BCUT2D eigenvalue weighted by atomic mass is 35.5. The van der Waals surface area contributed by atoms with Crippen LogP contribution in [0.25, 0.3) is 11.3 Å². The summed E-state index contributed by atoms with van der Waals surface area (Å²) in [7, 11) is 0. The van der Waals surface area contributed by atoms with Gasteiger partial charge in [0.2, 0.25) is 0 Å². The lowest BCUT2D eigenvalue weighted by molar-refractivity contribution is -0.121. The molecule has 2 aromatic rings. The SMILES string of the molecule is CC(C)C(=O)Cc1cc(-c2cncc(NCC3CCOCC3)n2)c(Cl)cn1. The number of hydrogen-bond acceptors (Lipinski definition) is 6. The molecule has 0 aliphatic carbocycles. The lowest BCUT2D eigenvalue weighted by atomic mass is 10.0. The van der Waals surface area contributed by atoms with Gasteiger partial charge in [-0.2, -0.15) is 0 Å². The predicted molar refractivity (Wildman–Crippen MR) is 106 cm³/mol. The molecule has 0 bridgehead atoms. The Morgan fingerprint density at radius 3 is 2.81 bits per heavy atom. The molecular formula is C20H25ClN4O2. The van der Waals surface area contributed by atoms with E-state index < -0.39 is 0 Å². The molecule has 1 saturated heterocycles. The summed E-state index contributed by atoms with van der Waals surface area (Å²) < 4.78 is 5.39. The number of aromatic nitrogens is 3. The average Bonchev–Trinajstić information content (AvgIpc) is 2.69. The fourth-order valence-electron chi connectivity index (χ4n) is 2.94. The molecule has 0 radical (unpaired) electrons. The van der Waals surface area contributed by atoms with E-state index in [4.69, 9.17) is 16.3 Å². The van der Waals surface area contributed by atoms with Crippen LogP contribution in [0.15, 0.2) is 24.7 Å². The van der Waals surface area contributed by atoms with Gasteiger partial charge in [-0.3, -0.25) is 14.8 Å². The summed E-state index contributed by atoms with van der Waals surface area (Å²) in [5.41, 5.74) is 2.09. The zero-order valence-corrected chi connectivity index (χ0v) is 16.5. The molecule has 6 nitrogen and oxygen atoms in total. The summed E-state index contributed by atoms with van der Waals surface area (Å²) >= 11 is 6.33. The Bertz CT molecular complexity index is 791. The number of hydrogen-bond donors (Lipinski definition) is 1. The van der Waals surface area contributed by atoms with Gasteiger partial charge in [-0.05, 0) is 24.8 Å². The van der Waals surface area contributed by atoms with E-state index in [9.17, 15) is 4.79 Å². The first-order chi connectivity index (χ1) is 13.0. The summed E-state index contributed by atoms with van der Waals surface area (Å²) in [5, 5.41) is 3.86. The molecule has 1 N–H and O–H groups in total. The number of carbonyl (C=O) groups is 1. The monoisotopic (exact) mass is 388 g/mol. The van der Waals surface area contributed by atoms with Crippen molar-refractivity contribution in [1.29, 1.82) is 0 Å². The van der Waals surface area contributed by atoms with Crippen LogP contribution in [0.1, 0.15) is 32.4 Å². The molecule has 1 aliphatic heterocycles. The van der Waals surface area contributed by atoms with E-state index in [1.54, 1.807) is 18.6 Å². The summed E-state index contributed by atoms with van der Waals surface area (Å²) in [6.45, 7) is 6.27. The number of ether oxygens (including phenoxy) is 1. The third kappa shape index (κ3) is 5.47. The van der Waals surface area contributed by atoms with Crippen LogP contribution in [0.2, 0.25) is 5.02 Å². The van der Waals surface area contributed by atoms with Crippen molar-refractivity contribution in [3.05, 3.63) is 35.4 Å². The van der Waals surface area contributed by atoms with Gasteiger partial charge in [0.25, 0.3) is 0 Å². The van der Waals surface area contributed by atoms with Crippen molar-refractivity contribution >= 4 is 23.2 Å². The number of Topliss-reactive ketones (excluding diaryl/α,β-unsaturated/α-hetero) is 1. The predicted octanol–water partition coefficient (Wildman–Crippen LogP) is 3.80. The molecule has 0 amide bonds. The maximum Gasteiger partial charge on any atom is 0.145 e. The average molecular weight is 389 g/mol. The van der Waals surface area contributed by atoms with Gasteiger partial charge in [0, 0.05) is 49.6 Å². The van der Waals surface area contributed by atoms with Crippen LogP contribution in [0.4, 0.5) is 5.82 Å². The van der Waals surface area contributed by atoms with Crippen LogP contribution >= 0.6 is 11.6 Å². The number of pyridine rings is 1. The highest BCUT2D eigenvalue weighted by Gasteiger charge is 2.15. The van der Waals surface area contributed by atoms with E-state index in [0.29, 0.717) is 28.1 Å². The van der Waals surface area contributed by atoms with E-state index in [2.05, 4.69) is 20.3 Å². The van der Waals surface area contributed by atoms with Gasteiger partial charge in [-0.15, -0.1) is 0 Å². The van der Waals surface area contributed by atoms with Crippen molar-refractivity contribution in [2.45, 2.75) is 33.1 Å². The lowest BCUT2D eigenvalue weighted by Crippen LogP contribution is -2.23. The van der Waals surface area contributed by atoms with Gasteiger partial charge >= 0.3 is 0 Å². The fraction of sp³-hybridized carbons (Fsp3) is 0.500. The van der Waals surface area contributed by atoms with E-state index in [0.717, 1.165) is 38.2 Å². The maximum absolute atomic E-state index is 12.0. The Labute approximate surface area is 164 Å². The minimum atomic E-state index is -0.0246. The zero-order valence-electron chi connectivity index (χ0n) is 15.7. The van der Waals surface area contributed by atoms with Gasteiger partial charge in [0.1, 0.15) is 11.6 Å². The van der Waals surface area contributed by atoms with Crippen LogP contribution in [-0.2, 0) is 16.0 Å². The molecule has 2 aromatic heterocycles. The summed E-state index contributed by atoms with van der Waals surface area (Å²) in [4.78, 5) is 25.2. The summed E-state index contributed by atoms with van der Waals surface area (Å²) in [6, 6.07) is 1.83. The third-order valence-corrected chi connectivity index (χ3v) is 5.04. The minimum absolute atomic E-state index is 0.0246. The highest BCUT2D eigenvalue weighted by Crippen LogP contribution is 2.27. The molecule has 1 aliphatic rings. The topological polar surface area (TPSA) is 77.0 Å². The van der Waals surface area contributed by atoms with E-state index in [1.807, 2.05) is 19.9 Å². The Kier molecular flexibility index (Phi) is 6.74. The normalized spacial score (nSPS) is 15.1. The molecule has 3 heterocycles. The van der Waals surface area contributed by atoms with Crippen LogP contribution in [-0.4, -0.2) is 40.5 Å². The molecule has 0 unspecified atom stereocenters. The first-order valence-electron chi connectivity index (χ1n) is 9.34. The molecular weight excluding hydrogens is 364 g/mol. The molecule has 0 saturated carbocycles. The van der Waals surface area contributed by atoms with Crippen LogP contribution in [0.5, 0.6) is 0 Å². The van der Waals surface area contributed by atoms with Crippen molar-refractivity contribution < 1.29 is 9.53 Å². The van der Waals surface area contributed by atoms with Crippen LogP contribution < -0.4 is 5.32 Å². The number of halogens is 1. The second kappa shape index (κ2) is 9.24. The minimum Gasteiger partial charge on any atom is -0.381 e. The van der Waals surface area contributed by atoms with Gasteiger partial charge in [0.05, 0.1) is 23.1 Å². The largest absolute Gasteiger partial charge is 0.381 e. The van der Waals surface area contributed by atoms with Gasteiger partial charge < -0.3 is 10.1 Å². The van der Waals surface area contributed by atoms with E-state index in [1.165, 1.54) is 0 Å². The second-order valence-corrected chi connectivity index (χ2v) is 7.59. The standard InChI is InChI=1S/C20H25ClN4O2/c1-13(2)19(26)8-15-7-16(17(21)10-23-15)18-11-22-12-20(25-18)24-9-14-3-5-27-6-4-14/h7,10-14H,3-6,8-9H2,1-2H3,(H,24,25). The summed E-state index contributed by atoms with van der Waals surface area (Å²) in [5.74, 6) is 1.42. The number of nitrogens with zero attached hydrogens (tertiary/aromatic N) is 3. The zero-order chi connectivity index (χ0) is 19.2. The Morgan fingerprint density at radius 2 is 2.07 bits per heavy atom. The molecule has 0 spiro atoms. The van der Waals surface area contributed by atoms with Crippen molar-refractivity contribution in [1.82, 2.24) is 15.0 Å². The number of rotatable bonds is 7. The lowest BCUT2D eigenvalue weighted by Gasteiger charge is -2.22. The smallest absolute Gasteiger partial charge is 0.145 e. The second-order valence-electron chi connectivity index (χ2n) is 7.18. The first kappa shape index (κ1) is 19.7. The molecule has 144 valence electrons. The van der Waals surface area contributed by atoms with Gasteiger partial charge in [-0.1, -0.05) is 25.4 Å². The van der Waals surface area contributed by atoms with Gasteiger partial charge in [0.15, 0.2) is 0 Å². The number of nitrogens with one attached hydrogen (secondary N) is 1. The van der Waals surface area contributed by atoms with Crippen molar-refractivity contribution in [3.63, 3.8) is 0 Å². The highest BCUT2D eigenvalue weighted by molar-refractivity contribution is 6.33. The van der Waals surface area contributed by atoms with E-state index >= 15 is 0 Å². The molecule has 7 heteroatoms. The number of carbonyl (C=O) groups excluding carboxylic acids is 1. The molecule has 27 heavy (non-hydrogen) atoms. The van der Waals surface area contributed by atoms with E-state index in [-0.39, 0.29) is 18.1 Å². The van der Waals surface area contributed by atoms with Gasteiger partial charge in [-0.25, -0.2) is 4.98 Å².